The van der Waals surface area contributed by atoms with Crippen LogP contribution in [0.15, 0.2) is 24.3 Å². The first-order chi connectivity index (χ1) is 9.74. The second kappa shape index (κ2) is 6.15. The summed E-state index contributed by atoms with van der Waals surface area (Å²) in [7, 11) is 0. The van der Waals surface area contributed by atoms with Gasteiger partial charge >= 0.3 is 0 Å². The molecule has 3 rings (SSSR count). The van der Waals surface area contributed by atoms with Gasteiger partial charge in [-0.05, 0) is 44.2 Å². The molecule has 3 heteroatoms. The summed E-state index contributed by atoms with van der Waals surface area (Å²) >= 11 is 0. The normalized spacial score (nSPS) is 33.3. The van der Waals surface area contributed by atoms with E-state index in [4.69, 9.17) is 4.74 Å². The van der Waals surface area contributed by atoms with Gasteiger partial charge in [-0.25, -0.2) is 0 Å². The number of nitrogens with one attached hydrogen (secondary N) is 1. The Bertz CT molecular complexity index is 440. The van der Waals surface area contributed by atoms with Crippen LogP contribution in [-0.2, 0) is 0 Å². The predicted molar refractivity (Wildman–Crippen MR) is 79.8 cm³/mol. The zero-order valence-electron chi connectivity index (χ0n) is 12.2. The Labute approximate surface area is 121 Å². The van der Waals surface area contributed by atoms with E-state index in [-0.39, 0.29) is 6.10 Å². The van der Waals surface area contributed by atoms with Crippen LogP contribution in [0.3, 0.4) is 0 Å². The first-order valence-electron chi connectivity index (χ1n) is 7.87. The molecule has 0 saturated heterocycles. The Kier molecular flexibility index (Phi) is 4.27. The van der Waals surface area contributed by atoms with Crippen molar-refractivity contribution in [1.82, 2.24) is 5.32 Å². The van der Waals surface area contributed by atoms with Gasteiger partial charge < -0.3 is 15.2 Å². The molecule has 3 nitrogen and oxygen atoms in total. The fraction of sp³-hybridized carbons (Fsp3) is 0.647. The van der Waals surface area contributed by atoms with Gasteiger partial charge in [0.05, 0.1) is 12.7 Å². The molecule has 110 valence electrons. The van der Waals surface area contributed by atoms with Gasteiger partial charge in [0.15, 0.2) is 0 Å². The summed E-state index contributed by atoms with van der Waals surface area (Å²) in [6.07, 6.45) is 4.16. The van der Waals surface area contributed by atoms with Crippen LogP contribution in [0.5, 0.6) is 5.75 Å². The SMILES string of the molecule is CC1COc2ccccc2C1NCC1CCC(O)CC1. The minimum atomic E-state index is -0.0611. The Morgan fingerprint density at radius 2 is 1.95 bits per heavy atom. The monoisotopic (exact) mass is 275 g/mol. The van der Waals surface area contributed by atoms with Crippen LogP contribution in [0.4, 0.5) is 0 Å². The van der Waals surface area contributed by atoms with Crippen LogP contribution < -0.4 is 10.1 Å². The average Bonchev–Trinajstić information content (AvgIpc) is 2.48. The molecule has 0 amide bonds. The second-order valence-electron chi connectivity index (χ2n) is 6.39. The van der Waals surface area contributed by atoms with Crippen molar-refractivity contribution in [3.8, 4) is 5.75 Å². The lowest BCUT2D eigenvalue weighted by Gasteiger charge is -2.34. The standard InChI is InChI=1S/C17H25NO2/c1-12-11-20-16-5-3-2-4-15(16)17(12)18-10-13-6-8-14(19)9-7-13/h2-5,12-14,17-19H,6-11H2,1H3. The highest BCUT2D eigenvalue weighted by atomic mass is 16.5. The molecule has 0 spiro atoms. The van der Waals surface area contributed by atoms with E-state index in [1.807, 2.05) is 6.07 Å². The summed E-state index contributed by atoms with van der Waals surface area (Å²) in [5.74, 6) is 2.24. The quantitative estimate of drug-likeness (QED) is 0.891. The van der Waals surface area contributed by atoms with Crippen LogP contribution in [0.2, 0.25) is 0 Å². The van der Waals surface area contributed by atoms with E-state index in [0.717, 1.165) is 44.6 Å². The highest BCUT2D eigenvalue weighted by molar-refractivity contribution is 5.37. The number of rotatable bonds is 3. The molecule has 1 aromatic rings. The van der Waals surface area contributed by atoms with Crippen LogP contribution >= 0.6 is 0 Å². The van der Waals surface area contributed by atoms with Crippen LogP contribution in [0.25, 0.3) is 0 Å². The summed E-state index contributed by atoms with van der Waals surface area (Å²) in [4.78, 5) is 0. The molecular formula is C17H25NO2. The summed E-state index contributed by atoms with van der Waals surface area (Å²) in [6.45, 7) is 4.09. The lowest BCUT2D eigenvalue weighted by Crippen LogP contribution is -2.37. The van der Waals surface area contributed by atoms with Gasteiger partial charge in [-0.2, -0.15) is 0 Å². The number of fused-ring (bicyclic) bond motifs is 1. The molecule has 2 atom stereocenters. The zero-order chi connectivity index (χ0) is 13.9. The minimum absolute atomic E-state index is 0.0611. The van der Waals surface area contributed by atoms with E-state index >= 15 is 0 Å². The van der Waals surface area contributed by atoms with Gasteiger partial charge in [0, 0.05) is 17.5 Å². The molecule has 20 heavy (non-hydrogen) atoms. The minimum Gasteiger partial charge on any atom is -0.493 e. The highest BCUT2D eigenvalue weighted by Gasteiger charge is 2.28. The van der Waals surface area contributed by atoms with Crippen molar-refractivity contribution >= 4 is 0 Å². The topological polar surface area (TPSA) is 41.5 Å². The maximum absolute atomic E-state index is 9.58. The number of para-hydroxylation sites is 1. The molecule has 1 aliphatic heterocycles. The van der Waals surface area contributed by atoms with Crippen LogP contribution in [0, 0.1) is 11.8 Å². The number of hydrogen-bond acceptors (Lipinski definition) is 3. The van der Waals surface area contributed by atoms with Crippen molar-refractivity contribution in [1.29, 1.82) is 0 Å². The summed E-state index contributed by atoms with van der Waals surface area (Å²) in [5, 5.41) is 13.3. The zero-order valence-corrected chi connectivity index (χ0v) is 12.2. The molecule has 2 aliphatic rings. The van der Waals surface area contributed by atoms with Crippen molar-refractivity contribution in [3.05, 3.63) is 29.8 Å². The third kappa shape index (κ3) is 2.99. The molecule has 1 aromatic carbocycles. The molecule has 1 heterocycles. The lowest BCUT2D eigenvalue weighted by atomic mass is 9.86. The molecule has 1 saturated carbocycles. The van der Waals surface area contributed by atoms with E-state index in [1.165, 1.54) is 5.56 Å². The van der Waals surface area contributed by atoms with Gasteiger partial charge in [-0.1, -0.05) is 25.1 Å². The van der Waals surface area contributed by atoms with Crippen LogP contribution in [-0.4, -0.2) is 24.4 Å². The summed E-state index contributed by atoms with van der Waals surface area (Å²) in [6, 6.07) is 8.76. The number of aliphatic hydroxyl groups excluding tert-OH is 1. The van der Waals surface area contributed by atoms with Crippen LogP contribution in [0.1, 0.15) is 44.2 Å². The Balaban J connectivity index is 1.62. The first-order valence-corrected chi connectivity index (χ1v) is 7.87. The van der Waals surface area contributed by atoms with Gasteiger partial charge in [0.25, 0.3) is 0 Å². The Morgan fingerprint density at radius 3 is 2.75 bits per heavy atom. The third-order valence-electron chi connectivity index (χ3n) is 4.77. The highest BCUT2D eigenvalue weighted by Crippen LogP contribution is 2.35. The van der Waals surface area contributed by atoms with Gasteiger partial charge in [-0.3, -0.25) is 0 Å². The lowest BCUT2D eigenvalue weighted by molar-refractivity contribution is 0.105. The molecule has 0 radical (unpaired) electrons. The number of hydrogen-bond donors (Lipinski definition) is 2. The van der Waals surface area contributed by atoms with E-state index in [1.54, 1.807) is 0 Å². The molecule has 0 aromatic heterocycles. The van der Waals surface area contributed by atoms with Gasteiger partial charge in [0.2, 0.25) is 0 Å². The average molecular weight is 275 g/mol. The smallest absolute Gasteiger partial charge is 0.124 e. The molecule has 2 N–H and O–H groups in total. The van der Waals surface area contributed by atoms with Crippen molar-refractivity contribution in [2.75, 3.05) is 13.2 Å². The number of benzene rings is 1. The molecule has 1 fully saturated rings. The fourth-order valence-electron chi connectivity index (χ4n) is 3.45. The van der Waals surface area contributed by atoms with Gasteiger partial charge in [-0.15, -0.1) is 0 Å². The maximum Gasteiger partial charge on any atom is 0.124 e. The molecular weight excluding hydrogens is 250 g/mol. The summed E-state index contributed by atoms with van der Waals surface area (Å²) < 4.78 is 5.80. The largest absolute Gasteiger partial charge is 0.493 e. The van der Waals surface area contributed by atoms with Crippen molar-refractivity contribution in [2.24, 2.45) is 11.8 Å². The molecule has 1 aliphatic carbocycles. The van der Waals surface area contributed by atoms with E-state index < -0.39 is 0 Å². The van der Waals surface area contributed by atoms with Gasteiger partial charge in [0.1, 0.15) is 5.75 Å². The Morgan fingerprint density at radius 1 is 1.20 bits per heavy atom. The summed E-state index contributed by atoms with van der Waals surface area (Å²) in [5.41, 5.74) is 1.29. The maximum atomic E-state index is 9.58. The first kappa shape index (κ1) is 13.9. The number of ether oxygens (including phenoxy) is 1. The van der Waals surface area contributed by atoms with E-state index in [0.29, 0.717) is 17.9 Å². The Hall–Kier alpha value is -1.06. The fourth-order valence-corrected chi connectivity index (χ4v) is 3.45. The second-order valence-corrected chi connectivity index (χ2v) is 6.39. The molecule has 0 bridgehead atoms. The van der Waals surface area contributed by atoms with E-state index in [9.17, 15) is 5.11 Å². The molecule has 2 unspecified atom stereocenters. The van der Waals surface area contributed by atoms with Crippen molar-refractivity contribution in [3.63, 3.8) is 0 Å². The number of aliphatic hydroxyl groups is 1. The predicted octanol–water partition coefficient (Wildman–Crippen LogP) is 2.90. The van der Waals surface area contributed by atoms with Crippen molar-refractivity contribution < 1.29 is 9.84 Å². The van der Waals surface area contributed by atoms with Crippen molar-refractivity contribution in [2.45, 2.75) is 44.8 Å². The van der Waals surface area contributed by atoms with E-state index in [2.05, 4.69) is 30.4 Å². The third-order valence-corrected chi connectivity index (χ3v) is 4.77.